The molecule has 0 aliphatic carbocycles. The summed E-state index contributed by atoms with van der Waals surface area (Å²) in [6.07, 6.45) is 0.861. The molecule has 14 heavy (non-hydrogen) atoms. The van der Waals surface area contributed by atoms with E-state index in [1.807, 2.05) is 0 Å². The van der Waals surface area contributed by atoms with Gasteiger partial charge in [0.1, 0.15) is 5.75 Å². The molecule has 1 saturated heterocycles. The van der Waals surface area contributed by atoms with Crippen LogP contribution in [0.2, 0.25) is 0 Å². The lowest BCUT2D eigenvalue weighted by molar-refractivity contribution is -0.119. The van der Waals surface area contributed by atoms with E-state index in [0.29, 0.717) is 5.69 Å². The molecule has 0 spiro atoms. The quantitative estimate of drug-likeness (QED) is 0.604. The number of phenols is 1. The molecule has 0 bridgehead atoms. The molecule has 1 aliphatic rings. The number of anilines is 1. The number of phenolic OH excluding ortho intramolecular Hbond substituents is 1. The van der Waals surface area contributed by atoms with Crippen LogP contribution in [0.5, 0.6) is 5.75 Å². The van der Waals surface area contributed by atoms with E-state index in [4.69, 9.17) is 0 Å². The van der Waals surface area contributed by atoms with E-state index in [2.05, 4.69) is 10.6 Å². The summed E-state index contributed by atoms with van der Waals surface area (Å²) < 4.78 is 0. The molecule has 1 aromatic carbocycles. The van der Waals surface area contributed by atoms with Gasteiger partial charge in [0.05, 0.1) is 11.7 Å². The number of nitrogens with one attached hydrogen (secondary N) is 2. The molecule has 0 saturated carbocycles. The summed E-state index contributed by atoms with van der Waals surface area (Å²) in [7, 11) is 0. The number of benzene rings is 1. The molecule has 1 atom stereocenters. The zero-order valence-electron chi connectivity index (χ0n) is 7.66. The van der Waals surface area contributed by atoms with Crippen molar-refractivity contribution >= 4 is 11.6 Å². The van der Waals surface area contributed by atoms with Crippen molar-refractivity contribution in [3.05, 3.63) is 24.3 Å². The lowest BCUT2D eigenvalue weighted by Gasteiger charge is -2.26. The minimum Gasteiger partial charge on any atom is -0.506 e. The second-order valence-corrected chi connectivity index (χ2v) is 3.30. The molecule has 0 unspecified atom stereocenters. The number of hydrogen-bond acceptors (Lipinski definition) is 3. The predicted octanol–water partition coefficient (Wildman–Crippen LogP) is 0.693. The minimum absolute atomic E-state index is 0.0854. The summed E-state index contributed by atoms with van der Waals surface area (Å²) in [5.74, 6) is 0.0120. The topological polar surface area (TPSA) is 61.4 Å². The van der Waals surface area contributed by atoms with Gasteiger partial charge in [0.2, 0.25) is 5.91 Å². The molecule has 74 valence electrons. The van der Waals surface area contributed by atoms with E-state index in [1.54, 1.807) is 24.3 Å². The van der Waals surface area contributed by atoms with Crippen molar-refractivity contribution in [2.45, 2.75) is 12.5 Å². The van der Waals surface area contributed by atoms with Crippen molar-refractivity contribution in [2.24, 2.45) is 0 Å². The zero-order chi connectivity index (χ0) is 9.97. The Balaban J connectivity index is 2.03. The van der Waals surface area contributed by atoms with Crippen molar-refractivity contribution in [1.29, 1.82) is 0 Å². The van der Waals surface area contributed by atoms with Gasteiger partial charge < -0.3 is 15.7 Å². The molecule has 0 aromatic heterocycles. The Kier molecular flexibility index (Phi) is 2.37. The molecule has 1 aliphatic heterocycles. The molecule has 1 aromatic rings. The first kappa shape index (κ1) is 9.02. The van der Waals surface area contributed by atoms with Crippen LogP contribution >= 0.6 is 0 Å². The number of amides is 1. The highest BCUT2D eigenvalue weighted by Crippen LogP contribution is 2.22. The van der Waals surface area contributed by atoms with Gasteiger partial charge in [0.15, 0.2) is 0 Å². The lowest BCUT2D eigenvalue weighted by atomic mass is 10.1. The third-order valence-electron chi connectivity index (χ3n) is 2.30. The first-order chi connectivity index (χ1) is 6.77. The minimum atomic E-state index is -0.102. The van der Waals surface area contributed by atoms with Crippen molar-refractivity contribution in [3.8, 4) is 5.75 Å². The molecular formula is C10H12N2O2. The fourth-order valence-corrected chi connectivity index (χ4v) is 1.31. The highest BCUT2D eigenvalue weighted by Gasteiger charge is 2.24. The number of carbonyl (C=O) groups excluding carboxylic acids is 1. The van der Waals surface area contributed by atoms with Crippen LogP contribution in [-0.4, -0.2) is 23.6 Å². The zero-order valence-corrected chi connectivity index (χ0v) is 7.66. The van der Waals surface area contributed by atoms with Crippen LogP contribution < -0.4 is 10.6 Å². The summed E-state index contributed by atoms with van der Waals surface area (Å²) in [5, 5.41) is 15.0. The van der Waals surface area contributed by atoms with Crippen molar-refractivity contribution in [2.75, 3.05) is 11.9 Å². The first-order valence-electron chi connectivity index (χ1n) is 4.59. The van der Waals surface area contributed by atoms with Crippen LogP contribution in [0.3, 0.4) is 0 Å². The van der Waals surface area contributed by atoms with Crippen LogP contribution in [-0.2, 0) is 4.79 Å². The highest BCUT2D eigenvalue weighted by atomic mass is 16.3. The fourth-order valence-electron chi connectivity index (χ4n) is 1.31. The predicted molar refractivity (Wildman–Crippen MR) is 53.1 cm³/mol. The highest BCUT2D eigenvalue weighted by molar-refractivity contribution is 5.96. The lowest BCUT2D eigenvalue weighted by Crippen LogP contribution is -2.50. The van der Waals surface area contributed by atoms with Crippen molar-refractivity contribution < 1.29 is 9.90 Å². The van der Waals surface area contributed by atoms with E-state index in [1.165, 1.54) is 0 Å². The largest absolute Gasteiger partial charge is 0.506 e. The summed E-state index contributed by atoms with van der Waals surface area (Å²) in [6, 6.07) is 6.60. The molecule has 2 rings (SSSR count). The smallest absolute Gasteiger partial charge is 0.241 e. The summed E-state index contributed by atoms with van der Waals surface area (Å²) in [6.45, 7) is 0.888. The van der Waals surface area contributed by atoms with Crippen LogP contribution in [0.1, 0.15) is 6.42 Å². The molecule has 1 heterocycles. The van der Waals surface area contributed by atoms with E-state index >= 15 is 0 Å². The monoisotopic (exact) mass is 192 g/mol. The van der Waals surface area contributed by atoms with Gasteiger partial charge in [-0.2, -0.15) is 0 Å². The van der Waals surface area contributed by atoms with Gasteiger partial charge in [-0.1, -0.05) is 12.1 Å². The van der Waals surface area contributed by atoms with E-state index in [9.17, 15) is 9.90 Å². The van der Waals surface area contributed by atoms with Crippen molar-refractivity contribution in [3.63, 3.8) is 0 Å². The molecule has 1 amide bonds. The SMILES string of the molecule is O=C(Nc1ccccc1O)[C@H]1CCN1. The van der Waals surface area contributed by atoms with Crippen molar-refractivity contribution in [1.82, 2.24) is 5.32 Å². The maximum atomic E-state index is 11.5. The second kappa shape index (κ2) is 3.67. The molecule has 0 radical (unpaired) electrons. The van der Waals surface area contributed by atoms with Crippen LogP contribution in [0.25, 0.3) is 0 Å². The number of para-hydroxylation sites is 2. The van der Waals surface area contributed by atoms with Gasteiger partial charge in [-0.3, -0.25) is 4.79 Å². The van der Waals surface area contributed by atoms with Crippen LogP contribution in [0, 0.1) is 0 Å². The van der Waals surface area contributed by atoms with E-state index in [0.717, 1.165) is 13.0 Å². The maximum absolute atomic E-state index is 11.5. The fraction of sp³-hybridized carbons (Fsp3) is 0.300. The Morgan fingerprint density at radius 2 is 2.21 bits per heavy atom. The van der Waals surface area contributed by atoms with Crippen LogP contribution in [0.4, 0.5) is 5.69 Å². The molecular weight excluding hydrogens is 180 g/mol. The summed E-state index contributed by atoms with van der Waals surface area (Å²) in [4.78, 5) is 11.5. The normalized spacial score (nSPS) is 19.9. The Hall–Kier alpha value is -1.55. The molecule has 3 N–H and O–H groups in total. The Morgan fingerprint density at radius 3 is 2.79 bits per heavy atom. The standard InChI is InChI=1S/C10H12N2O2/c13-9-4-2-1-3-7(9)12-10(14)8-5-6-11-8/h1-4,8,11,13H,5-6H2,(H,12,14)/t8-/m1/s1. The maximum Gasteiger partial charge on any atom is 0.241 e. The third-order valence-corrected chi connectivity index (χ3v) is 2.30. The Morgan fingerprint density at radius 1 is 1.50 bits per heavy atom. The number of rotatable bonds is 2. The molecule has 4 heteroatoms. The van der Waals surface area contributed by atoms with Gasteiger partial charge in [0.25, 0.3) is 0 Å². The second-order valence-electron chi connectivity index (χ2n) is 3.30. The summed E-state index contributed by atoms with van der Waals surface area (Å²) in [5.41, 5.74) is 0.464. The summed E-state index contributed by atoms with van der Waals surface area (Å²) >= 11 is 0. The Labute approximate surface area is 81.9 Å². The average molecular weight is 192 g/mol. The van der Waals surface area contributed by atoms with Gasteiger partial charge in [-0.25, -0.2) is 0 Å². The van der Waals surface area contributed by atoms with E-state index in [-0.39, 0.29) is 17.7 Å². The molecule has 4 nitrogen and oxygen atoms in total. The van der Waals surface area contributed by atoms with Gasteiger partial charge >= 0.3 is 0 Å². The van der Waals surface area contributed by atoms with Gasteiger partial charge in [-0.15, -0.1) is 0 Å². The average Bonchev–Trinajstić information content (AvgIpc) is 2.05. The Bertz CT molecular complexity index is 348. The number of aromatic hydroxyl groups is 1. The first-order valence-corrected chi connectivity index (χ1v) is 4.59. The van der Waals surface area contributed by atoms with E-state index < -0.39 is 0 Å². The van der Waals surface area contributed by atoms with Gasteiger partial charge in [-0.05, 0) is 25.1 Å². The molecule has 1 fully saturated rings. The number of carbonyl (C=O) groups is 1. The third kappa shape index (κ3) is 1.70. The number of hydrogen-bond donors (Lipinski definition) is 3. The van der Waals surface area contributed by atoms with Crippen LogP contribution in [0.15, 0.2) is 24.3 Å². The van der Waals surface area contributed by atoms with Gasteiger partial charge in [0, 0.05) is 0 Å².